The Labute approximate surface area is 227 Å². The van der Waals surface area contributed by atoms with Crippen LogP contribution in [0.5, 0.6) is 0 Å². The maximum Gasteiger partial charge on any atom is 0.397 e. The van der Waals surface area contributed by atoms with Gasteiger partial charge in [0.1, 0.15) is 6.10 Å². The van der Waals surface area contributed by atoms with Gasteiger partial charge in [-0.3, -0.25) is 9.45 Å². The Morgan fingerprint density at radius 2 is 1.41 bits per heavy atom. The predicted molar refractivity (Wildman–Crippen MR) is 152 cm³/mol. The zero-order chi connectivity index (χ0) is 26.8. The summed E-state index contributed by atoms with van der Waals surface area (Å²) in [5.41, 5.74) is 2.60. The molecule has 6 nitrogen and oxygen atoms in total. The first kappa shape index (κ1) is 32.2. The van der Waals surface area contributed by atoms with E-state index in [4.69, 9.17) is 8.92 Å². The SMILES string of the molecule is CCCCCCCCCCC(CCCCCC)COCC(CN1CCc2ccccc2C1)OS(=O)(=O)O. The molecule has 2 atom stereocenters. The summed E-state index contributed by atoms with van der Waals surface area (Å²) in [6, 6.07) is 8.35. The molecule has 0 bridgehead atoms. The third-order valence-electron chi connectivity index (χ3n) is 7.52. The van der Waals surface area contributed by atoms with Crippen molar-refractivity contribution in [1.29, 1.82) is 0 Å². The first-order valence-corrected chi connectivity index (χ1v) is 16.3. The number of hydrogen-bond acceptors (Lipinski definition) is 5. The van der Waals surface area contributed by atoms with Crippen LogP contribution in [-0.4, -0.2) is 50.3 Å². The lowest BCUT2D eigenvalue weighted by molar-refractivity contribution is 0.00987. The fourth-order valence-corrected chi connectivity index (χ4v) is 5.85. The van der Waals surface area contributed by atoms with Crippen LogP contribution >= 0.6 is 0 Å². The number of ether oxygens (including phenoxy) is 1. The van der Waals surface area contributed by atoms with Gasteiger partial charge in [0.15, 0.2) is 0 Å². The molecule has 0 radical (unpaired) electrons. The molecule has 7 heteroatoms. The van der Waals surface area contributed by atoms with E-state index in [-0.39, 0.29) is 6.61 Å². The summed E-state index contributed by atoms with van der Waals surface area (Å²) >= 11 is 0. The van der Waals surface area contributed by atoms with Crippen LogP contribution in [0.2, 0.25) is 0 Å². The zero-order valence-electron chi connectivity index (χ0n) is 23.5. The summed E-state index contributed by atoms with van der Waals surface area (Å²) in [6.07, 6.45) is 18.0. The predicted octanol–water partition coefficient (Wildman–Crippen LogP) is 7.37. The van der Waals surface area contributed by atoms with Gasteiger partial charge in [0.25, 0.3) is 0 Å². The minimum absolute atomic E-state index is 0.167. The molecular weight excluding hydrogens is 486 g/mol. The number of hydrogen-bond donors (Lipinski definition) is 1. The fourth-order valence-electron chi connectivity index (χ4n) is 5.38. The second-order valence-corrected chi connectivity index (χ2v) is 12.0. The van der Waals surface area contributed by atoms with Crippen molar-refractivity contribution in [3.63, 3.8) is 0 Å². The molecule has 0 saturated heterocycles. The molecule has 1 N–H and O–H groups in total. The maximum absolute atomic E-state index is 11.5. The number of rotatable bonds is 22. The summed E-state index contributed by atoms with van der Waals surface area (Å²) in [5, 5.41) is 0. The highest BCUT2D eigenvalue weighted by molar-refractivity contribution is 7.80. The van der Waals surface area contributed by atoms with Crippen molar-refractivity contribution in [2.24, 2.45) is 5.92 Å². The molecule has 0 aliphatic carbocycles. The van der Waals surface area contributed by atoms with Crippen molar-refractivity contribution >= 4 is 10.4 Å². The lowest BCUT2D eigenvalue weighted by Gasteiger charge is -2.31. The molecule has 0 aromatic heterocycles. The van der Waals surface area contributed by atoms with E-state index in [9.17, 15) is 13.0 Å². The Bertz CT molecular complexity index is 816. The summed E-state index contributed by atoms with van der Waals surface area (Å²) in [7, 11) is -4.54. The van der Waals surface area contributed by atoms with Crippen molar-refractivity contribution in [3.05, 3.63) is 35.4 Å². The van der Waals surface area contributed by atoms with Crippen LogP contribution in [0.25, 0.3) is 0 Å². The topological polar surface area (TPSA) is 76.1 Å². The molecule has 0 saturated carbocycles. The molecule has 2 rings (SSSR count). The van der Waals surface area contributed by atoms with Gasteiger partial charge in [0.05, 0.1) is 6.61 Å². The first-order valence-electron chi connectivity index (χ1n) is 14.9. The van der Waals surface area contributed by atoms with Gasteiger partial charge in [0.2, 0.25) is 0 Å². The summed E-state index contributed by atoms with van der Waals surface area (Å²) in [5.74, 6) is 0.491. The monoisotopic (exact) mass is 539 g/mol. The Hall–Kier alpha value is -0.990. The third kappa shape index (κ3) is 15.3. The van der Waals surface area contributed by atoms with Gasteiger partial charge in [0, 0.05) is 26.2 Å². The quantitative estimate of drug-likeness (QED) is 0.122. The van der Waals surface area contributed by atoms with Crippen LogP contribution in [-0.2, 0) is 32.3 Å². The number of benzene rings is 1. The molecule has 1 aliphatic heterocycles. The lowest BCUT2D eigenvalue weighted by Crippen LogP contribution is -2.40. The Kier molecular flexibility index (Phi) is 16.7. The molecule has 214 valence electrons. The Balaban J connectivity index is 1.80. The van der Waals surface area contributed by atoms with E-state index in [1.807, 2.05) is 6.07 Å². The van der Waals surface area contributed by atoms with E-state index in [0.717, 1.165) is 32.4 Å². The molecule has 1 aromatic rings. The largest absolute Gasteiger partial charge is 0.397 e. The molecule has 0 amide bonds. The zero-order valence-corrected chi connectivity index (χ0v) is 24.4. The average molecular weight is 540 g/mol. The van der Waals surface area contributed by atoms with Gasteiger partial charge >= 0.3 is 10.4 Å². The summed E-state index contributed by atoms with van der Waals surface area (Å²) < 4.78 is 43.5. The van der Waals surface area contributed by atoms with Gasteiger partial charge < -0.3 is 4.74 Å². The highest BCUT2D eigenvalue weighted by Gasteiger charge is 2.24. The van der Waals surface area contributed by atoms with Gasteiger partial charge in [-0.15, -0.1) is 0 Å². The van der Waals surface area contributed by atoms with Crippen molar-refractivity contribution in [2.75, 3.05) is 26.3 Å². The van der Waals surface area contributed by atoms with Crippen LogP contribution in [0.4, 0.5) is 0 Å². The van der Waals surface area contributed by atoms with E-state index in [1.165, 1.54) is 88.2 Å². The fraction of sp³-hybridized carbons (Fsp3) is 0.800. The molecule has 37 heavy (non-hydrogen) atoms. The number of unbranched alkanes of at least 4 members (excludes halogenated alkanes) is 10. The second kappa shape index (κ2) is 19.1. The molecule has 1 aromatic carbocycles. The standard InChI is InChI=1S/C30H53NO5S/c1-3-5-7-9-10-11-12-14-18-27(17-13-8-6-4-2)25-35-26-30(36-37(32,33)34)24-31-22-21-28-19-15-16-20-29(28)23-31/h15-16,19-20,27,30H,3-14,17-18,21-26H2,1-2H3,(H,32,33,34). The second-order valence-electron chi connectivity index (χ2n) is 10.9. The maximum atomic E-state index is 11.5. The summed E-state index contributed by atoms with van der Waals surface area (Å²) in [6.45, 7) is 7.27. The minimum atomic E-state index is -4.54. The van der Waals surface area contributed by atoms with E-state index in [1.54, 1.807) is 0 Å². The number of nitrogens with zero attached hydrogens (tertiary/aromatic N) is 1. The minimum Gasteiger partial charge on any atom is -0.378 e. The van der Waals surface area contributed by atoms with E-state index in [2.05, 4.69) is 36.9 Å². The van der Waals surface area contributed by atoms with E-state index < -0.39 is 16.5 Å². The van der Waals surface area contributed by atoms with Crippen LogP contribution in [0, 0.1) is 5.92 Å². The van der Waals surface area contributed by atoms with Gasteiger partial charge in [-0.2, -0.15) is 8.42 Å². The van der Waals surface area contributed by atoms with Crippen LogP contribution in [0.3, 0.4) is 0 Å². The average Bonchev–Trinajstić information content (AvgIpc) is 2.86. The molecule has 2 unspecified atom stereocenters. The highest BCUT2D eigenvalue weighted by atomic mass is 32.3. The smallest absolute Gasteiger partial charge is 0.378 e. The molecule has 1 aliphatic rings. The summed E-state index contributed by atoms with van der Waals surface area (Å²) in [4.78, 5) is 2.18. The van der Waals surface area contributed by atoms with Gasteiger partial charge in [-0.1, -0.05) is 115 Å². The van der Waals surface area contributed by atoms with Crippen molar-refractivity contribution < 1.29 is 21.9 Å². The van der Waals surface area contributed by atoms with Crippen molar-refractivity contribution in [3.8, 4) is 0 Å². The molecule has 1 heterocycles. The van der Waals surface area contributed by atoms with Crippen LogP contribution < -0.4 is 0 Å². The van der Waals surface area contributed by atoms with E-state index >= 15 is 0 Å². The number of fused-ring (bicyclic) bond motifs is 1. The first-order chi connectivity index (χ1) is 17.9. The van der Waals surface area contributed by atoms with E-state index in [0.29, 0.717) is 19.1 Å². The lowest BCUT2D eigenvalue weighted by atomic mass is 9.95. The Morgan fingerprint density at radius 3 is 2.03 bits per heavy atom. The molecular formula is C30H53NO5S. The normalized spacial score (nSPS) is 16.0. The Morgan fingerprint density at radius 1 is 0.838 bits per heavy atom. The van der Waals surface area contributed by atoms with Crippen LogP contribution in [0.15, 0.2) is 24.3 Å². The van der Waals surface area contributed by atoms with Crippen molar-refractivity contribution in [2.45, 2.75) is 123 Å². The molecule has 0 fully saturated rings. The molecule has 0 spiro atoms. The highest BCUT2D eigenvalue weighted by Crippen LogP contribution is 2.21. The van der Waals surface area contributed by atoms with Crippen LogP contribution in [0.1, 0.15) is 115 Å². The third-order valence-corrected chi connectivity index (χ3v) is 8.03. The van der Waals surface area contributed by atoms with Gasteiger partial charge in [-0.25, -0.2) is 4.18 Å². The van der Waals surface area contributed by atoms with Gasteiger partial charge in [-0.05, 0) is 36.3 Å². The van der Waals surface area contributed by atoms with Crippen molar-refractivity contribution in [1.82, 2.24) is 4.90 Å².